The molecule has 2 aromatic rings. The number of aliphatic hydroxyl groups excluding tert-OH is 1. The number of carbonyl (C=O) groups is 1. The Bertz CT molecular complexity index is 663. The Morgan fingerprint density at radius 2 is 2.08 bits per heavy atom. The van der Waals surface area contributed by atoms with E-state index in [1.807, 2.05) is 54.3 Å². The lowest BCUT2D eigenvalue weighted by Crippen LogP contribution is -2.43. The minimum atomic E-state index is -0.348. The van der Waals surface area contributed by atoms with Crippen molar-refractivity contribution in [3.63, 3.8) is 0 Å². The largest absolute Gasteiger partial charge is 0.461 e. The number of carbonyl (C=O) groups excluding carboxylic acids is 1. The van der Waals surface area contributed by atoms with E-state index in [4.69, 9.17) is 4.42 Å². The molecule has 3 rings (SSSR count). The lowest BCUT2D eigenvalue weighted by Gasteiger charge is -2.34. The topological polar surface area (TPSA) is 53.7 Å². The molecule has 4 nitrogen and oxygen atoms in total. The Labute approximate surface area is 143 Å². The zero-order valence-electron chi connectivity index (χ0n) is 14.1. The van der Waals surface area contributed by atoms with E-state index in [9.17, 15) is 9.90 Å². The van der Waals surface area contributed by atoms with Crippen LogP contribution in [0.1, 0.15) is 31.9 Å². The standard InChI is InChI=1S/C20H25NO3/c1-15(22)17-8-5-13-21(14-17)20(23)12-10-18-9-11-19(24-18)16-6-3-2-4-7-16/h2-4,6-7,9,11,15,17,22H,5,8,10,12-14H2,1H3. The van der Waals surface area contributed by atoms with Gasteiger partial charge < -0.3 is 14.4 Å². The van der Waals surface area contributed by atoms with Crippen LogP contribution in [0.15, 0.2) is 46.9 Å². The smallest absolute Gasteiger partial charge is 0.223 e. The van der Waals surface area contributed by atoms with Gasteiger partial charge in [0.1, 0.15) is 11.5 Å². The lowest BCUT2D eigenvalue weighted by atomic mass is 9.93. The predicted molar refractivity (Wildman–Crippen MR) is 93.4 cm³/mol. The van der Waals surface area contributed by atoms with Gasteiger partial charge in [0.05, 0.1) is 6.10 Å². The third-order valence-corrected chi connectivity index (χ3v) is 4.80. The number of aryl methyl sites for hydroxylation is 1. The van der Waals surface area contributed by atoms with Crippen LogP contribution in [-0.2, 0) is 11.2 Å². The number of likely N-dealkylation sites (tertiary alicyclic amines) is 1. The summed E-state index contributed by atoms with van der Waals surface area (Å²) in [4.78, 5) is 14.3. The summed E-state index contributed by atoms with van der Waals surface area (Å²) in [5.74, 6) is 2.03. The van der Waals surface area contributed by atoms with E-state index >= 15 is 0 Å². The first-order chi connectivity index (χ1) is 11.6. The molecule has 4 heteroatoms. The molecule has 1 amide bonds. The number of hydrogen-bond donors (Lipinski definition) is 1. The minimum absolute atomic E-state index is 0.151. The van der Waals surface area contributed by atoms with Gasteiger partial charge in [-0.3, -0.25) is 4.79 Å². The van der Waals surface area contributed by atoms with Crippen molar-refractivity contribution < 1.29 is 14.3 Å². The average molecular weight is 327 g/mol. The Balaban J connectivity index is 1.54. The highest BCUT2D eigenvalue weighted by molar-refractivity contribution is 5.76. The van der Waals surface area contributed by atoms with Crippen molar-refractivity contribution in [3.05, 3.63) is 48.2 Å². The van der Waals surface area contributed by atoms with Crippen molar-refractivity contribution in [1.82, 2.24) is 4.90 Å². The van der Waals surface area contributed by atoms with E-state index in [-0.39, 0.29) is 17.9 Å². The molecule has 0 spiro atoms. The van der Waals surface area contributed by atoms with Crippen LogP contribution < -0.4 is 0 Å². The number of rotatable bonds is 5. The fraction of sp³-hybridized carbons (Fsp3) is 0.450. The molecule has 0 radical (unpaired) electrons. The Kier molecular flexibility index (Phi) is 5.36. The van der Waals surface area contributed by atoms with Gasteiger partial charge in [0.15, 0.2) is 0 Å². The molecular weight excluding hydrogens is 302 g/mol. The number of benzene rings is 1. The van der Waals surface area contributed by atoms with E-state index < -0.39 is 0 Å². The van der Waals surface area contributed by atoms with Gasteiger partial charge in [-0.1, -0.05) is 30.3 Å². The second-order valence-electron chi connectivity index (χ2n) is 6.61. The number of aliphatic hydroxyl groups is 1. The lowest BCUT2D eigenvalue weighted by molar-refractivity contribution is -0.133. The molecule has 24 heavy (non-hydrogen) atoms. The monoisotopic (exact) mass is 327 g/mol. The molecule has 0 bridgehead atoms. The first-order valence-corrected chi connectivity index (χ1v) is 8.73. The molecule has 1 fully saturated rings. The second kappa shape index (κ2) is 7.67. The fourth-order valence-electron chi connectivity index (χ4n) is 3.29. The van der Waals surface area contributed by atoms with Gasteiger partial charge in [-0.05, 0) is 31.9 Å². The van der Waals surface area contributed by atoms with E-state index in [0.717, 1.165) is 36.5 Å². The summed E-state index contributed by atoms with van der Waals surface area (Å²) < 4.78 is 5.86. The normalized spacial score (nSPS) is 19.2. The van der Waals surface area contributed by atoms with Crippen molar-refractivity contribution in [3.8, 4) is 11.3 Å². The molecule has 128 valence electrons. The molecule has 2 heterocycles. The summed E-state index contributed by atoms with van der Waals surface area (Å²) in [5, 5.41) is 9.74. The summed E-state index contributed by atoms with van der Waals surface area (Å²) in [6.07, 6.45) is 2.69. The zero-order chi connectivity index (χ0) is 16.9. The van der Waals surface area contributed by atoms with Crippen molar-refractivity contribution in [2.24, 2.45) is 5.92 Å². The average Bonchev–Trinajstić information content (AvgIpc) is 3.09. The summed E-state index contributed by atoms with van der Waals surface area (Å²) in [6, 6.07) is 13.9. The number of amides is 1. The van der Waals surface area contributed by atoms with E-state index in [0.29, 0.717) is 19.4 Å². The van der Waals surface area contributed by atoms with Gasteiger partial charge in [-0.15, -0.1) is 0 Å². The van der Waals surface area contributed by atoms with Gasteiger partial charge in [-0.25, -0.2) is 0 Å². The Hall–Kier alpha value is -2.07. The highest BCUT2D eigenvalue weighted by atomic mass is 16.3. The molecule has 1 saturated heterocycles. The number of piperidine rings is 1. The van der Waals surface area contributed by atoms with Gasteiger partial charge in [0, 0.05) is 37.4 Å². The molecule has 2 atom stereocenters. The van der Waals surface area contributed by atoms with Gasteiger partial charge in [-0.2, -0.15) is 0 Å². The molecule has 0 aliphatic carbocycles. The van der Waals surface area contributed by atoms with Crippen molar-refractivity contribution in [2.45, 2.75) is 38.7 Å². The fourth-order valence-corrected chi connectivity index (χ4v) is 3.29. The van der Waals surface area contributed by atoms with Crippen LogP contribution in [0.5, 0.6) is 0 Å². The first-order valence-electron chi connectivity index (χ1n) is 8.73. The second-order valence-corrected chi connectivity index (χ2v) is 6.61. The van der Waals surface area contributed by atoms with Gasteiger partial charge in [0.2, 0.25) is 5.91 Å². The van der Waals surface area contributed by atoms with Crippen molar-refractivity contribution in [2.75, 3.05) is 13.1 Å². The molecule has 1 aliphatic heterocycles. The summed E-state index contributed by atoms with van der Waals surface area (Å²) in [7, 11) is 0. The van der Waals surface area contributed by atoms with E-state index in [1.54, 1.807) is 0 Å². The SMILES string of the molecule is CC(O)C1CCCN(C(=O)CCc2ccc(-c3ccccc3)o2)C1. The summed E-state index contributed by atoms with van der Waals surface area (Å²) in [5.41, 5.74) is 1.05. The maximum absolute atomic E-state index is 12.4. The molecule has 1 N–H and O–H groups in total. The van der Waals surface area contributed by atoms with Crippen LogP contribution in [-0.4, -0.2) is 35.1 Å². The van der Waals surface area contributed by atoms with Gasteiger partial charge >= 0.3 is 0 Å². The van der Waals surface area contributed by atoms with Crippen LogP contribution >= 0.6 is 0 Å². The van der Waals surface area contributed by atoms with Crippen LogP contribution in [0.3, 0.4) is 0 Å². The van der Waals surface area contributed by atoms with E-state index in [1.165, 1.54) is 0 Å². The number of nitrogens with zero attached hydrogens (tertiary/aromatic N) is 1. The van der Waals surface area contributed by atoms with Crippen molar-refractivity contribution >= 4 is 5.91 Å². The van der Waals surface area contributed by atoms with Crippen LogP contribution in [0.2, 0.25) is 0 Å². The highest BCUT2D eigenvalue weighted by Crippen LogP contribution is 2.23. The minimum Gasteiger partial charge on any atom is -0.461 e. The zero-order valence-corrected chi connectivity index (χ0v) is 14.1. The van der Waals surface area contributed by atoms with Crippen LogP contribution in [0.4, 0.5) is 0 Å². The predicted octanol–water partition coefficient (Wildman–Crippen LogP) is 3.50. The number of furan rings is 1. The summed E-state index contributed by atoms with van der Waals surface area (Å²) in [6.45, 7) is 3.28. The maximum atomic E-state index is 12.4. The molecule has 2 unspecified atom stereocenters. The Morgan fingerprint density at radius 1 is 1.29 bits per heavy atom. The Morgan fingerprint density at radius 3 is 2.83 bits per heavy atom. The number of hydrogen-bond acceptors (Lipinski definition) is 3. The first kappa shape index (κ1) is 16.8. The maximum Gasteiger partial charge on any atom is 0.223 e. The molecule has 1 aromatic carbocycles. The van der Waals surface area contributed by atoms with Crippen LogP contribution in [0, 0.1) is 5.92 Å². The van der Waals surface area contributed by atoms with Crippen LogP contribution in [0.25, 0.3) is 11.3 Å². The van der Waals surface area contributed by atoms with E-state index in [2.05, 4.69) is 0 Å². The molecular formula is C20H25NO3. The third kappa shape index (κ3) is 4.06. The third-order valence-electron chi connectivity index (χ3n) is 4.80. The molecule has 1 aliphatic rings. The molecule has 1 aromatic heterocycles. The summed E-state index contributed by atoms with van der Waals surface area (Å²) >= 11 is 0. The van der Waals surface area contributed by atoms with Gasteiger partial charge in [0.25, 0.3) is 0 Å². The molecule has 0 saturated carbocycles. The van der Waals surface area contributed by atoms with Crippen molar-refractivity contribution in [1.29, 1.82) is 0 Å². The quantitative estimate of drug-likeness (QED) is 0.914. The highest BCUT2D eigenvalue weighted by Gasteiger charge is 2.26.